The first-order valence-corrected chi connectivity index (χ1v) is 7.71. The third kappa shape index (κ3) is 4.53. The highest BCUT2D eigenvalue weighted by molar-refractivity contribution is 5.76. The minimum Gasteiger partial charge on any atom is -0.391 e. The summed E-state index contributed by atoms with van der Waals surface area (Å²) < 4.78 is 0. The topological polar surface area (TPSA) is 72.8 Å². The van der Waals surface area contributed by atoms with Crippen molar-refractivity contribution in [1.29, 1.82) is 0 Å². The minimum atomic E-state index is -0.890. The highest BCUT2D eigenvalue weighted by Gasteiger charge is 2.30. The summed E-state index contributed by atoms with van der Waals surface area (Å²) in [7, 11) is 1.95. The lowest BCUT2D eigenvalue weighted by Gasteiger charge is -2.19. The maximum Gasteiger partial charge on any atom is 0.220 e. The lowest BCUT2D eigenvalue weighted by atomic mass is 9.96. The van der Waals surface area contributed by atoms with Crippen LogP contribution >= 0.6 is 0 Å². The molecule has 1 aromatic rings. The largest absolute Gasteiger partial charge is 0.391 e. The highest BCUT2D eigenvalue weighted by Crippen LogP contribution is 2.21. The number of likely N-dealkylation sites (N-methyl/N-ethyl adjacent to an activating group) is 1. The average Bonchev–Trinajstić information content (AvgIpc) is 2.74. The van der Waals surface area contributed by atoms with E-state index in [9.17, 15) is 15.0 Å². The van der Waals surface area contributed by atoms with Crippen molar-refractivity contribution in [2.45, 2.75) is 38.5 Å². The van der Waals surface area contributed by atoms with Crippen LogP contribution in [0.25, 0.3) is 0 Å². The molecule has 1 amide bonds. The molecule has 22 heavy (non-hydrogen) atoms. The number of aliphatic hydroxyl groups excluding tert-OH is 1. The van der Waals surface area contributed by atoms with E-state index in [-0.39, 0.29) is 11.8 Å². The lowest BCUT2D eigenvalue weighted by Crippen LogP contribution is -2.29. The zero-order valence-corrected chi connectivity index (χ0v) is 13.5. The number of carbonyl (C=O) groups excluding carboxylic acids is 1. The molecule has 1 fully saturated rings. The van der Waals surface area contributed by atoms with E-state index in [1.54, 1.807) is 13.8 Å². The summed E-state index contributed by atoms with van der Waals surface area (Å²) >= 11 is 0. The number of carbonyl (C=O) groups is 1. The number of aliphatic hydroxyl groups is 2. The fourth-order valence-corrected chi connectivity index (χ4v) is 2.84. The molecule has 1 saturated heterocycles. The zero-order chi connectivity index (χ0) is 16.3. The number of nitrogens with zero attached hydrogens (tertiary/aromatic N) is 1. The predicted octanol–water partition coefficient (Wildman–Crippen LogP) is 0.843. The first-order chi connectivity index (χ1) is 10.3. The summed E-state index contributed by atoms with van der Waals surface area (Å²) in [5.74, 6) is -0.0410. The predicted molar refractivity (Wildman–Crippen MR) is 85.1 cm³/mol. The Morgan fingerprint density at radius 3 is 2.73 bits per heavy atom. The molecule has 0 radical (unpaired) electrons. The Morgan fingerprint density at radius 1 is 1.41 bits per heavy atom. The van der Waals surface area contributed by atoms with Gasteiger partial charge in [-0.05, 0) is 32.0 Å². The number of rotatable bonds is 5. The summed E-state index contributed by atoms with van der Waals surface area (Å²) in [6, 6.07) is 7.58. The van der Waals surface area contributed by atoms with Crippen LogP contribution in [-0.2, 0) is 16.9 Å². The molecule has 0 saturated carbocycles. The van der Waals surface area contributed by atoms with E-state index in [2.05, 4.69) is 5.32 Å². The molecule has 1 aromatic carbocycles. The molecule has 0 bridgehead atoms. The van der Waals surface area contributed by atoms with Crippen LogP contribution in [0.15, 0.2) is 24.3 Å². The Kier molecular flexibility index (Phi) is 5.21. The van der Waals surface area contributed by atoms with Gasteiger partial charge in [-0.2, -0.15) is 0 Å². The molecule has 2 rings (SSSR count). The number of β-amino-alcohol motifs (C(OH)–C–C–N with tert-alkyl or cyclic N) is 1. The van der Waals surface area contributed by atoms with Crippen molar-refractivity contribution in [3.8, 4) is 0 Å². The van der Waals surface area contributed by atoms with E-state index in [1.165, 1.54) is 0 Å². The SMILES string of the molecule is CN1C[C@@H](CC(=O)NCc2cccc(C(C)(C)O)c2)[C@H](O)C1. The average molecular weight is 306 g/mol. The van der Waals surface area contributed by atoms with Gasteiger partial charge < -0.3 is 20.4 Å². The number of hydrogen-bond acceptors (Lipinski definition) is 4. The molecule has 3 N–H and O–H groups in total. The van der Waals surface area contributed by atoms with Gasteiger partial charge in [0.1, 0.15) is 0 Å². The molecule has 5 heteroatoms. The Morgan fingerprint density at radius 2 is 2.14 bits per heavy atom. The Balaban J connectivity index is 1.86. The molecular formula is C17H26N2O3. The first-order valence-electron chi connectivity index (χ1n) is 7.71. The third-order valence-corrected chi connectivity index (χ3v) is 4.16. The second-order valence-electron chi connectivity index (χ2n) is 6.79. The number of likely N-dealkylation sites (tertiary alicyclic amines) is 1. The number of benzene rings is 1. The van der Waals surface area contributed by atoms with Gasteiger partial charge in [-0.25, -0.2) is 0 Å². The van der Waals surface area contributed by atoms with Gasteiger partial charge in [-0.1, -0.05) is 24.3 Å². The first kappa shape index (κ1) is 16.9. The maximum atomic E-state index is 12.0. The van der Waals surface area contributed by atoms with Crippen molar-refractivity contribution >= 4 is 5.91 Å². The van der Waals surface area contributed by atoms with Crippen molar-refractivity contribution in [3.05, 3.63) is 35.4 Å². The molecule has 0 unspecified atom stereocenters. The standard InChI is InChI=1S/C17H26N2O3/c1-17(2,22)14-6-4-5-12(7-14)9-18-16(21)8-13-10-19(3)11-15(13)20/h4-7,13,15,20,22H,8-11H2,1-3H3,(H,18,21)/t13-,15-/m1/s1. The van der Waals surface area contributed by atoms with Crippen molar-refractivity contribution in [1.82, 2.24) is 10.2 Å². The fourth-order valence-electron chi connectivity index (χ4n) is 2.84. The molecule has 122 valence electrons. The van der Waals surface area contributed by atoms with Gasteiger partial charge in [-0.3, -0.25) is 4.79 Å². The van der Waals surface area contributed by atoms with Crippen LogP contribution in [0.3, 0.4) is 0 Å². The molecule has 0 aliphatic carbocycles. The van der Waals surface area contributed by atoms with Crippen molar-refractivity contribution in [2.24, 2.45) is 5.92 Å². The van der Waals surface area contributed by atoms with Gasteiger partial charge in [-0.15, -0.1) is 0 Å². The Hall–Kier alpha value is -1.43. The van der Waals surface area contributed by atoms with Crippen LogP contribution in [0.5, 0.6) is 0 Å². The Labute approximate surface area is 131 Å². The quantitative estimate of drug-likeness (QED) is 0.754. The third-order valence-electron chi connectivity index (χ3n) is 4.16. The zero-order valence-electron chi connectivity index (χ0n) is 13.5. The highest BCUT2D eigenvalue weighted by atomic mass is 16.3. The van der Waals surface area contributed by atoms with Crippen molar-refractivity contribution in [3.63, 3.8) is 0 Å². The van der Waals surface area contributed by atoms with Gasteiger partial charge >= 0.3 is 0 Å². The summed E-state index contributed by atoms with van der Waals surface area (Å²) in [6.45, 7) is 5.29. The van der Waals surface area contributed by atoms with Gasteiger partial charge in [0.25, 0.3) is 0 Å². The van der Waals surface area contributed by atoms with Crippen LogP contribution < -0.4 is 5.32 Å². The molecule has 1 aliphatic heterocycles. The van der Waals surface area contributed by atoms with E-state index in [1.807, 2.05) is 36.2 Å². The second-order valence-corrected chi connectivity index (χ2v) is 6.79. The van der Waals surface area contributed by atoms with Crippen molar-refractivity contribution < 1.29 is 15.0 Å². The summed E-state index contributed by atoms with van der Waals surface area (Å²) in [5, 5.41) is 22.8. The van der Waals surface area contributed by atoms with Crippen LogP contribution in [0.2, 0.25) is 0 Å². The molecule has 2 atom stereocenters. The molecule has 0 aromatic heterocycles. The summed E-state index contributed by atoms with van der Waals surface area (Å²) in [4.78, 5) is 14.1. The van der Waals surface area contributed by atoms with Gasteiger partial charge in [0.15, 0.2) is 0 Å². The lowest BCUT2D eigenvalue weighted by molar-refractivity contribution is -0.122. The van der Waals surface area contributed by atoms with E-state index in [4.69, 9.17) is 0 Å². The molecule has 1 heterocycles. The normalized spacial score (nSPS) is 22.8. The number of hydrogen-bond donors (Lipinski definition) is 3. The smallest absolute Gasteiger partial charge is 0.220 e. The summed E-state index contributed by atoms with van der Waals surface area (Å²) in [5.41, 5.74) is 0.891. The van der Waals surface area contributed by atoms with Crippen LogP contribution in [0, 0.1) is 5.92 Å². The molecular weight excluding hydrogens is 280 g/mol. The molecule has 1 aliphatic rings. The van der Waals surface area contributed by atoms with E-state index in [0.717, 1.165) is 17.7 Å². The monoisotopic (exact) mass is 306 g/mol. The van der Waals surface area contributed by atoms with Crippen molar-refractivity contribution in [2.75, 3.05) is 20.1 Å². The number of amides is 1. The minimum absolute atomic E-state index is 0.00714. The van der Waals surface area contributed by atoms with Crippen LogP contribution in [-0.4, -0.2) is 47.3 Å². The Bertz CT molecular complexity index is 525. The molecule has 0 spiro atoms. The second kappa shape index (κ2) is 6.77. The van der Waals surface area contributed by atoms with Crippen LogP contribution in [0.1, 0.15) is 31.4 Å². The maximum absolute atomic E-state index is 12.0. The summed E-state index contributed by atoms with van der Waals surface area (Å²) in [6.07, 6.45) is -0.0780. The van der Waals surface area contributed by atoms with Crippen LogP contribution in [0.4, 0.5) is 0 Å². The van der Waals surface area contributed by atoms with E-state index < -0.39 is 11.7 Å². The van der Waals surface area contributed by atoms with E-state index in [0.29, 0.717) is 19.5 Å². The fraction of sp³-hybridized carbons (Fsp3) is 0.588. The number of nitrogens with one attached hydrogen (secondary N) is 1. The van der Waals surface area contributed by atoms with Gasteiger partial charge in [0.05, 0.1) is 11.7 Å². The molecule has 5 nitrogen and oxygen atoms in total. The van der Waals surface area contributed by atoms with E-state index >= 15 is 0 Å². The van der Waals surface area contributed by atoms with Gasteiger partial charge in [0.2, 0.25) is 5.91 Å². The van der Waals surface area contributed by atoms with Gasteiger partial charge in [0, 0.05) is 32.0 Å².